The Kier molecular flexibility index (Phi) is 7.29. The molecule has 0 atom stereocenters. The van der Waals surface area contributed by atoms with Crippen LogP contribution in [-0.4, -0.2) is 4.98 Å². The van der Waals surface area contributed by atoms with E-state index in [1.54, 1.807) is 0 Å². The fourth-order valence-corrected chi connectivity index (χ4v) is 4.27. The molecule has 1 aromatic heterocycles. The molecule has 1 saturated carbocycles. The van der Waals surface area contributed by atoms with Crippen molar-refractivity contribution in [2.24, 2.45) is 11.8 Å². The van der Waals surface area contributed by atoms with Crippen LogP contribution in [0.4, 0.5) is 0 Å². The topological polar surface area (TPSA) is 12.9 Å². The van der Waals surface area contributed by atoms with Crippen LogP contribution < -0.4 is 0 Å². The molecule has 0 radical (unpaired) electrons. The summed E-state index contributed by atoms with van der Waals surface area (Å²) in [7, 11) is 0. The summed E-state index contributed by atoms with van der Waals surface area (Å²) in [5, 5.41) is 0. The van der Waals surface area contributed by atoms with E-state index >= 15 is 0 Å². The summed E-state index contributed by atoms with van der Waals surface area (Å²) in [6.45, 7) is 4.59. The molecular weight excluding hydrogens is 314 g/mol. The van der Waals surface area contributed by atoms with E-state index in [4.69, 9.17) is 4.98 Å². The van der Waals surface area contributed by atoms with Crippen molar-refractivity contribution < 1.29 is 0 Å². The highest BCUT2D eigenvalue weighted by Gasteiger charge is 2.19. The van der Waals surface area contributed by atoms with Crippen molar-refractivity contribution in [3.63, 3.8) is 0 Å². The SMILES string of the molecule is CCCCc1ccc(-c2ccc(CC[C@H]3CC[C@H](CC)CC3)cn2)cc1. The lowest BCUT2D eigenvalue weighted by Gasteiger charge is -2.27. The Morgan fingerprint density at radius 1 is 0.808 bits per heavy atom. The third-order valence-electron chi connectivity index (χ3n) is 6.28. The maximum absolute atomic E-state index is 4.73. The molecule has 0 saturated heterocycles. The van der Waals surface area contributed by atoms with E-state index in [-0.39, 0.29) is 0 Å². The van der Waals surface area contributed by atoms with Gasteiger partial charge in [0, 0.05) is 11.8 Å². The minimum Gasteiger partial charge on any atom is -0.256 e. The number of hydrogen-bond acceptors (Lipinski definition) is 1. The van der Waals surface area contributed by atoms with E-state index in [9.17, 15) is 0 Å². The number of hydrogen-bond donors (Lipinski definition) is 0. The second kappa shape index (κ2) is 9.90. The molecule has 1 heterocycles. The Hall–Kier alpha value is -1.63. The third kappa shape index (κ3) is 5.43. The highest BCUT2D eigenvalue weighted by molar-refractivity contribution is 5.59. The fraction of sp³-hybridized carbons (Fsp3) is 0.560. The Labute approximate surface area is 160 Å². The van der Waals surface area contributed by atoms with Gasteiger partial charge in [0.05, 0.1) is 5.69 Å². The summed E-state index contributed by atoms with van der Waals surface area (Å²) >= 11 is 0. The lowest BCUT2D eigenvalue weighted by atomic mass is 9.79. The molecule has 0 bridgehead atoms. The largest absolute Gasteiger partial charge is 0.256 e. The second-order valence-corrected chi connectivity index (χ2v) is 8.19. The predicted molar refractivity (Wildman–Crippen MR) is 112 cm³/mol. The monoisotopic (exact) mass is 349 g/mol. The van der Waals surface area contributed by atoms with Gasteiger partial charge in [-0.15, -0.1) is 0 Å². The number of pyridine rings is 1. The number of aromatic nitrogens is 1. The lowest BCUT2D eigenvalue weighted by molar-refractivity contribution is 0.259. The molecule has 140 valence electrons. The number of unbranched alkanes of at least 4 members (excludes halogenated alkanes) is 1. The molecule has 0 aliphatic heterocycles. The average Bonchev–Trinajstić information content (AvgIpc) is 2.72. The highest BCUT2D eigenvalue weighted by atomic mass is 14.7. The van der Waals surface area contributed by atoms with Crippen molar-refractivity contribution in [2.75, 3.05) is 0 Å². The predicted octanol–water partition coefficient (Wildman–Crippen LogP) is 7.24. The maximum Gasteiger partial charge on any atom is 0.0702 e. The molecule has 0 spiro atoms. The Morgan fingerprint density at radius 3 is 2.12 bits per heavy atom. The summed E-state index contributed by atoms with van der Waals surface area (Å²) in [6, 6.07) is 13.4. The number of benzene rings is 1. The van der Waals surface area contributed by atoms with Gasteiger partial charge in [0.1, 0.15) is 0 Å². The lowest BCUT2D eigenvalue weighted by Crippen LogP contribution is -2.14. The first-order valence-corrected chi connectivity index (χ1v) is 10.8. The molecule has 0 unspecified atom stereocenters. The van der Waals surface area contributed by atoms with Gasteiger partial charge in [-0.2, -0.15) is 0 Å². The molecule has 1 nitrogen and oxygen atoms in total. The molecule has 1 aliphatic rings. The molecule has 0 N–H and O–H groups in total. The Balaban J connectivity index is 1.50. The molecule has 1 fully saturated rings. The quantitative estimate of drug-likeness (QED) is 0.489. The first-order valence-electron chi connectivity index (χ1n) is 10.8. The summed E-state index contributed by atoms with van der Waals surface area (Å²) in [6.07, 6.45) is 15.5. The molecule has 3 rings (SSSR count). The van der Waals surface area contributed by atoms with Gasteiger partial charge in [0.25, 0.3) is 0 Å². The van der Waals surface area contributed by atoms with Gasteiger partial charge in [-0.1, -0.05) is 82.7 Å². The molecule has 1 aliphatic carbocycles. The molecule has 2 aromatic rings. The summed E-state index contributed by atoms with van der Waals surface area (Å²) < 4.78 is 0. The molecular formula is C25H35N. The van der Waals surface area contributed by atoms with Crippen LogP contribution in [0.1, 0.15) is 76.3 Å². The standard InChI is InChI=1S/C25H35N/c1-3-5-6-21-13-16-24(17-14-21)25-18-15-23(19-26-25)12-11-22-9-7-20(4-2)8-10-22/h13-20,22H,3-12H2,1-2H3/t20-,22-. The fourth-order valence-electron chi connectivity index (χ4n) is 4.27. The first-order chi connectivity index (χ1) is 12.8. The summed E-state index contributed by atoms with van der Waals surface area (Å²) in [4.78, 5) is 4.73. The van der Waals surface area contributed by atoms with Crippen molar-refractivity contribution in [1.29, 1.82) is 0 Å². The molecule has 1 heteroatoms. The van der Waals surface area contributed by atoms with Crippen molar-refractivity contribution in [1.82, 2.24) is 4.98 Å². The van der Waals surface area contributed by atoms with Crippen molar-refractivity contribution >= 4 is 0 Å². The average molecular weight is 350 g/mol. The van der Waals surface area contributed by atoms with Gasteiger partial charge in [0.2, 0.25) is 0 Å². The van der Waals surface area contributed by atoms with Crippen LogP contribution in [0.2, 0.25) is 0 Å². The Bertz CT molecular complexity index is 633. The van der Waals surface area contributed by atoms with Gasteiger partial charge >= 0.3 is 0 Å². The second-order valence-electron chi connectivity index (χ2n) is 8.19. The van der Waals surface area contributed by atoms with E-state index in [1.165, 1.54) is 80.9 Å². The van der Waals surface area contributed by atoms with Crippen LogP contribution >= 0.6 is 0 Å². The molecule has 0 amide bonds. The van der Waals surface area contributed by atoms with Crippen molar-refractivity contribution in [3.8, 4) is 11.3 Å². The smallest absolute Gasteiger partial charge is 0.0702 e. The van der Waals surface area contributed by atoms with E-state index in [1.807, 2.05) is 0 Å². The van der Waals surface area contributed by atoms with Crippen LogP contribution in [0.5, 0.6) is 0 Å². The van der Waals surface area contributed by atoms with E-state index in [2.05, 4.69) is 56.4 Å². The van der Waals surface area contributed by atoms with Gasteiger partial charge in [0.15, 0.2) is 0 Å². The van der Waals surface area contributed by atoms with Crippen molar-refractivity contribution in [2.45, 2.75) is 78.1 Å². The third-order valence-corrected chi connectivity index (χ3v) is 6.28. The molecule has 26 heavy (non-hydrogen) atoms. The minimum atomic E-state index is 0.938. The zero-order chi connectivity index (χ0) is 18.2. The number of aryl methyl sites for hydroxylation is 2. The highest BCUT2D eigenvalue weighted by Crippen LogP contribution is 2.33. The zero-order valence-electron chi connectivity index (χ0n) is 16.7. The van der Waals surface area contributed by atoms with Gasteiger partial charge < -0.3 is 0 Å². The van der Waals surface area contributed by atoms with Gasteiger partial charge in [-0.05, 0) is 54.7 Å². The van der Waals surface area contributed by atoms with Crippen LogP contribution in [0.25, 0.3) is 11.3 Å². The minimum absolute atomic E-state index is 0.938. The maximum atomic E-state index is 4.73. The van der Waals surface area contributed by atoms with E-state index in [0.29, 0.717) is 0 Å². The van der Waals surface area contributed by atoms with Crippen LogP contribution in [0.3, 0.4) is 0 Å². The van der Waals surface area contributed by atoms with E-state index < -0.39 is 0 Å². The van der Waals surface area contributed by atoms with Crippen LogP contribution in [-0.2, 0) is 12.8 Å². The van der Waals surface area contributed by atoms with Crippen LogP contribution in [0.15, 0.2) is 42.6 Å². The summed E-state index contributed by atoms with van der Waals surface area (Å²) in [5.41, 5.74) is 5.16. The summed E-state index contributed by atoms with van der Waals surface area (Å²) in [5.74, 6) is 1.94. The molecule has 1 aromatic carbocycles. The normalized spacial score (nSPS) is 20.2. The van der Waals surface area contributed by atoms with Crippen molar-refractivity contribution in [3.05, 3.63) is 53.7 Å². The number of rotatable bonds is 8. The van der Waals surface area contributed by atoms with E-state index in [0.717, 1.165) is 17.5 Å². The Morgan fingerprint density at radius 2 is 1.50 bits per heavy atom. The van der Waals surface area contributed by atoms with Gasteiger partial charge in [-0.25, -0.2) is 0 Å². The van der Waals surface area contributed by atoms with Gasteiger partial charge in [-0.3, -0.25) is 4.98 Å². The van der Waals surface area contributed by atoms with Crippen LogP contribution in [0, 0.1) is 11.8 Å². The zero-order valence-corrected chi connectivity index (χ0v) is 16.7. The first kappa shape index (κ1) is 19.1. The number of nitrogens with zero attached hydrogens (tertiary/aromatic N) is 1.